The van der Waals surface area contributed by atoms with Gasteiger partial charge in [0, 0.05) is 5.82 Å². The summed E-state index contributed by atoms with van der Waals surface area (Å²) in [6.45, 7) is 1.81. The minimum Gasteiger partial charge on any atom is -0.321 e. The molecule has 0 bridgehead atoms. The van der Waals surface area contributed by atoms with Crippen LogP contribution < -0.4 is 0 Å². The molecule has 0 aliphatic rings. The van der Waals surface area contributed by atoms with Gasteiger partial charge in [0.25, 0.3) is 0 Å². The van der Waals surface area contributed by atoms with Crippen molar-refractivity contribution in [3.8, 4) is 0 Å². The van der Waals surface area contributed by atoms with Crippen molar-refractivity contribution in [3.05, 3.63) is 11.9 Å². The van der Waals surface area contributed by atoms with Crippen LogP contribution in [0.3, 0.4) is 0 Å². The lowest BCUT2D eigenvalue weighted by atomic mass is 10.5. The van der Waals surface area contributed by atoms with Gasteiger partial charge in [0.1, 0.15) is 0 Å². The topological polar surface area (TPSA) is 57.5 Å². The van der Waals surface area contributed by atoms with E-state index in [1.807, 2.05) is 6.92 Å². The lowest BCUT2D eigenvalue weighted by molar-refractivity contribution is 0.386. The van der Waals surface area contributed by atoms with Gasteiger partial charge in [-0.15, -0.1) is 0 Å². The standard InChI is InChI=1S/C4H9O3P/c1-2-3-4-8(5,6)7/h3-4H,2H2,1H3,(H2,5,6,7)/b4-3-. The first-order valence-electron chi connectivity index (χ1n) is 2.29. The molecular weight excluding hydrogens is 127 g/mol. The van der Waals surface area contributed by atoms with Crippen molar-refractivity contribution in [2.75, 3.05) is 0 Å². The predicted molar refractivity (Wildman–Crippen MR) is 31.5 cm³/mol. The van der Waals surface area contributed by atoms with E-state index in [0.717, 1.165) is 5.82 Å². The molecule has 48 valence electrons. The van der Waals surface area contributed by atoms with Gasteiger partial charge in [-0.1, -0.05) is 13.0 Å². The van der Waals surface area contributed by atoms with E-state index in [1.165, 1.54) is 6.08 Å². The summed E-state index contributed by atoms with van der Waals surface area (Å²) in [7, 11) is -3.86. The zero-order valence-corrected chi connectivity index (χ0v) is 5.51. The maximum atomic E-state index is 10.00. The van der Waals surface area contributed by atoms with Crippen molar-refractivity contribution in [1.29, 1.82) is 0 Å². The van der Waals surface area contributed by atoms with Crippen LogP contribution in [0.25, 0.3) is 0 Å². The van der Waals surface area contributed by atoms with Crippen LogP contribution in [-0.4, -0.2) is 9.79 Å². The highest BCUT2D eigenvalue weighted by molar-refractivity contribution is 7.55. The highest BCUT2D eigenvalue weighted by Gasteiger charge is 2.03. The predicted octanol–water partition coefficient (Wildman–Crippen LogP) is 1.09. The molecule has 0 aromatic carbocycles. The Morgan fingerprint density at radius 1 is 1.62 bits per heavy atom. The van der Waals surface area contributed by atoms with Gasteiger partial charge in [0.2, 0.25) is 0 Å². The Labute approximate surface area is 48.2 Å². The van der Waals surface area contributed by atoms with Gasteiger partial charge in [-0.05, 0) is 6.42 Å². The molecule has 0 aromatic rings. The number of rotatable bonds is 2. The van der Waals surface area contributed by atoms with E-state index in [4.69, 9.17) is 9.79 Å². The average molecular weight is 136 g/mol. The van der Waals surface area contributed by atoms with E-state index in [2.05, 4.69) is 0 Å². The summed E-state index contributed by atoms with van der Waals surface area (Å²) < 4.78 is 10.00. The molecule has 0 unspecified atom stereocenters. The molecule has 0 spiro atoms. The average Bonchev–Trinajstić information content (AvgIpc) is 1.59. The SMILES string of the molecule is CC/C=C\P(=O)(O)O. The van der Waals surface area contributed by atoms with Crippen LogP contribution in [0.15, 0.2) is 11.9 Å². The molecule has 4 heteroatoms. The molecule has 0 heterocycles. The Bertz CT molecular complexity index is 123. The second-order valence-electron chi connectivity index (χ2n) is 1.38. The maximum Gasteiger partial charge on any atom is 0.348 e. The quantitative estimate of drug-likeness (QED) is 0.558. The molecule has 0 aromatic heterocycles. The second-order valence-corrected chi connectivity index (χ2v) is 2.86. The van der Waals surface area contributed by atoms with Crippen molar-refractivity contribution in [2.24, 2.45) is 0 Å². The molecule has 0 fully saturated rings. The van der Waals surface area contributed by atoms with Crippen molar-refractivity contribution in [1.82, 2.24) is 0 Å². The molecule has 0 aliphatic heterocycles. The van der Waals surface area contributed by atoms with E-state index in [1.54, 1.807) is 0 Å². The summed E-state index contributed by atoms with van der Waals surface area (Å²) in [5.74, 6) is 0.910. The Morgan fingerprint density at radius 2 is 2.12 bits per heavy atom. The van der Waals surface area contributed by atoms with E-state index in [0.29, 0.717) is 6.42 Å². The van der Waals surface area contributed by atoms with Crippen LogP contribution in [0.2, 0.25) is 0 Å². The fourth-order valence-corrected chi connectivity index (χ4v) is 0.728. The van der Waals surface area contributed by atoms with Crippen LogP contribution in [-0.2, 0) is 4.57 Å². The Hall–Kier alpha value is -0.110. The minimum absolute atomic E-state index is 0.658. The van der Waals surface area contributed by atoms with Gasteiger partial charge in [-0.2, -0.15) is 0 Å². The molecule has 0 aliphatic carbocycles. The molecule has 0 radical (unpaired) electrons. The molecule has 0 saturated heterocycles. The van der Waals surface area contributed by atoms with Crippen molar-refractivity contribution in [3.63, 3.8) is 0 Å². The van der Waals surface area contributed by atoms with Crippen LogP contribution in [0, 0.1) is 0 Å². The Kier molecular flexibility index (Phi) is 2.98. The number of allylic oxidation sites excluding steroid dienone is 1. The molecule has 0 amide bonds. The summed E-state index contributed by atoms with van der Waals surface area (Å²) in [5, 5.41) is 0. The molecular formula is C4H9O3P. The summed E-state index contributed by atoms with van der Waals surface area (Å²) in [6.07, 6.45) is 2.10. The lowest BCUT2D eigenvalue weighted by Crippen LogP contribution is -1.66. The fourth-order valence-electron chi connectivity index (χ4n) is 0.243. The first kappa shape index (κ1) is 7.89. The zero-order valence-electron chi connectivity index (χ0n) is 4.61. The van der Waals surface area contributed by atoms with Gasteiger partial charge in [-0.25, -0.2) is 0 Å². The molecule has 0 saturated carbocycles. The van der Waals surface area contributed by atoms with Crippen LogP contribution in [0.4, 0.5) is 0 Å². The molecule has 0 rings (SSSR count). The third-order valence-electron chi connectivity index (χ3n) is 0.535. The first-order chi connectivity index (χ1) is 3.56. The van der Waals surface area contributed by atoms with Gasteiger partial charge in [-0.3, -0.25) is 4.57 Å². The van der Waals surface area contributed by atoms with Gasteiger partial charge in [0.05, 0.1) is 0 Å². The summed E-state index contributed by atoms with van der Waals surface area (Å²) in [5.41, 5.74) is 0. The first-order valence-corrected chi connectivity index (χ1v) is 3.97. The van der Waals surface area contributed by atoms with E-state index >= 15 is 0 Å². The van der Waals surface area contributed by atoms with Crippen molar-refractivity contribution < 1.29 is 14.4 Å². The van der Waals surface area contributed by atoms with Crippen molar-refractivity contribution >= 4 is 7.60 Å². The smallest absolute Gasteiger partial charge is 0.321 e. The monoisotopic (exact) mass is 136 g/mol. The number of hydrogen-bond acceptors (Lipinski definition) is 1. The van der Waals surface area contributed by atoms with Crippen LogP contribution in [0.1, 0.15) is 13.3 Å². The minimum atomic E-state index is -3.86. The van der Waals surface area contributed by atoms with Crippen LogP contribution in [0.5, 0.6) is 0 Å². The zero-order chi connectivity index (χ0) is 6.62. The third kappa shape index (κ3) is 5.89. The van der Waals surface area contributed by atoms with E-state index in [9.17, 15) is 4.57 Å². The highest BCUT2D eigenvalue weighted by Crippen LogP contribution is 2.35. The van der Waals surface area contributed by atoms with Gasteiger partial charge >= 0.3 is 7.60 Å². The van der Waals surface area contributed by atoms with Crippen molar-refractivity contribution in [2.45, 2.75) is 13.3 Å². The lowest BCUT2D eigenvalue weighted by Gasteiger charge is -1.90. The van der Waals surface area contributed by atoms with Gasteiger partial charge < -0.3 is 9.79 Å². The summed E-state index contributed by atoms with van der Waals surface area (Å²) in [6, 6.07) is 0. The molecule has 8 heavy (non-hydrogen) atoms. The molecule has 0 atom stereocenters. The van der Waals surface area contributed by atoms with E-state index < -0.39 is 7.60 Å². The second kappa shape index (κ2) is 3.02. The maximum absolute atomic E-state index is 10.00. The largest absolute Gasteiger partial charge is 0.348 e. The Balaban J connectivity index is 3.71. The summed E-state index contributed by atoms with van der Waals surface area (Å²) in [4.78, 5) is 16.3. The molecule has 3 nitrogen and oxygen atoms in total. The normalized spacial score (nSPS) is 12.9. The molecule has 2 N–H and O–H groups in total. The summed E-state index contributed by atoms with van der Waals surface area (Å²) >= 11 is 0. The number of hydrogen-bond donors (Lipinski definition) is 2. The van der Waals surface area contributed by atoms with Crippen LogP contribution >= 0.6 is 7.60 Å². The van der Waals surface area contributed by atoms with Gasteiger partial charge in [0.15, 0.2) is 0 Å². The highest BCUT2D eigenvalue weighted by atomic mass is 31.2. The Morgan fingerprint density at radius 3 is 2.25 bits per heavy atom. The van der Waals surface area contributed by atoms with E-state index in [-0.39, 0.29) is 0 Å². The third-order valence-corrected chi connectivity index (χ3v) is 1.13. The fraction of sp³-hybridized carbons (Fsp3) is 0.500.